The van der Waals surface area contributed by atoms with Crippen molar-refractivity contribution in [1.82, 2.24) is 5.32 Å². The number of ether oxygens (including phenoxy) is 2. The predicted octanol–water partition coefficient (Wildman–Crippen LogP) is 4.16. The van der Waals surface area contributed by atoms with Gasteiger partial charge in [0.2, 0.25) is 10.0 Å². The van der Waals surface area contributed by atoms with E-state index >= 15 is 0 Å². The number of methoxy groups -OCH3 is 1. The second-order valence-electron chi connectivity index (χ2n) is 7.05. The maximum atomic E-state index is 14.0. The molecule has 0 atom stereocenters. The molecule has 170 valence electrons. The molecular formula is C23H24BrFN2O4S. The molecule has 3 aromatic rings. The number of hydrogen-bond acceptors (Lipinski definition) is 5. The topological polar surface area (TPSA) is 90.6 Å². The number of nitrogens with two attached hydrogens (primary N) is 1. The fraction of sp³-hybridized carbons (Fsp3) is 0.217. The quantitative estimate of drug-likeness (QED) is 0.390. The summed E-state index contributed by atoms with van der Waals surface area (Å²) in [5.74, 6) is 0.768. The molecule has 9 heteroatoms. The molecule has 0 heterocycles. The van der Waals surface area contributed by atoms with E-state index in [4.69, 9.17) is 14.6 Å². The van der Waals surface area contributed by atoms with Gasteiger partial charge in [0.05, 0.1) is 12.0 Å². The van der Waals surface area contributed by atoms with Crippen molar-refractivity contribution < 1.29 is 22.3 Å². The van der Waals surface area contributed by atoms with Gasteiger partial charge >= 0.3 is 0 Å². The molecule has 6 nitrogen and oxygen atoms in total. The fourth-order valence-corrected chi connectivity index (χ4v) is 4.09. The molecule has 0 aliphatic rings. The van der Waals surface area contributed by atoms with Crippen LogP contribution in [0.4, 0.5) is 4.39 Å². The standard InChI is InChI=1S/C23H24BrFN2O4S/c1-30-22-11-10-20(24)19(23(22)31-15-17-4-2-3-5-21(17)25)14-27-13-12-16-6-8-18(9-7-16)32(26,28)29/h2-11,27H,12-15H2,1H3,(H2,26,28,29). The molecular weight excluding hydrogens is 499 g/mol. The smallest absolute Gasteiger partial charge is 0.238 e. The molecule has 0 saturated heterocycles. The zero-order valence-electron chi connectivity index (χ0n) is 17.5. The van der Waals surface area contributed by atoms with Crippen molar-refractivity contribution >= 4 is 26.0 Å². The summed E-state index contributed by atoms with van der Waals surface area (Å²) in [6.45, 7) is 1.20. The Morgan fingerprint density at radius 3 is 2.44 bits per heavy atom. The average Bonchev–Trinajstić information content (AvgIpc) is 2.77. The number of rotatable bonds is 10. The zero-order chi connectivity index (χ0) is 23.1. The lowest BCUT2D eigenvalue weighted by atomic mass is 10.1. The maximum Gasteiger partial charge on any atom is 0.238 e. The minimum Gasteiger partial charge on any atom is -0.493 e. The third-order valence-corrected chi connectivity index (χ3v) is 6.53. The van der Waals surface area contributed by atoms with Crippen molar-refractivity contribution in [1.29, 1.82) is 0 Å². The summed E-state index contributed by atoms with van der Waals surface area (Å²) in [6.07, 6.45) is 0.692. The third-order valence-electron chi connectivity index (χ3n) is 4.86. The Balaban J connectivity index is 1.66. The number of halogens is 2. The van der Waals surface area contributed by atoms with Crippen molar-refractivity contribution in [3.8, 4) is 11.5 Å². The van der Waals surface area contributed by atoms with E-state index in [1.54, 1.807) is 43.5 Å². The average molecular weight is 523 g/mol. The Hall–Kier alpha value is -2.46. The van der Waals surface area contributed by atoms with Crippen molar-refractivity contribution in [2.75, 3.05) is 13.7 Å². The summed E-state index contributed by atoms with van der Waals surface area (Å²) < 4.78 is 48.9. The molecule has 3 rings (SSSR count). The van der Waals surface area contributed by atoms with Gasteiger partial charge in [-0.3, -0.25) is 0 Å². The molecule has 0 radical (unpaired) electrons. The van der Waals surface area contributed by atoms with E-state index in [9.17, 15) is 12.8 Å². The predicted molar refractivity (Wildman–Crippen MR) is 125 cm³/mol. The van der Waals surface area contributed by atoms with E-state index in [0.29, 0.717) is 36.6 Å². The van der Waals surface area contributed by atoms with Gasteiger partial charge in [-0.05, 0) is 48.9 Å². The minimum atomic E-state index is -3.70. The summed E-state index contributed by atoms with van der Waals surface area (Å²) in [5, 5.41) is 8.48. The maximum absolute atomic E-state index is 14.0. The van der Waals surface area contributed by atoms with E-state index in [1.165, 1.54) is 18.2 Å². The van der Waals surface area contributed by atoms with Crippen molar-refractivity contribution in [2.24, 2.45) is 5.14 Å². The molecule has 0 saturated carbocycles. The first kappa shape index (κ1) is 24.2. The Bertz CT molecular complexity index is 1170. The molecule has 3 aromatic carbocycles. The SMILES string of the molecule is COc1ccc(Br)c(CNCCc2ccc(S(N)(=O)=O)cc2)c1OCc1ccccc1F. The van der Waals surface area contributed by atoms with Crippen LogP contribution in [0.3, 0.4) is 0 Å². The summed E-state index contributed by atoms with van der Waals surface area (Å²) >= 11 is 3.56. The van der Waals surface area contributed by atoms with Crippen LogP contribution in [-0.4, -0.2) is 22.1 Å². The number of primary sulfonamides is 1. The largest absolute Gasteiger partial charge is 0.493 e. The van der Waals surface area contributed by atoms with Gasteiger partial charge in [-0.15, -0.1) is 0 Å². The van der Waals surface area contributed by atoms with Crippen LogP contribution in [0.15, 0.2) is 70.0 Å². The number of hydrogen-bond donors (Lipinski definition) is 2. The lowest BCUT2D eigenvalue weighted by Crippen LogP contribution is -2.18. The molecule has 0 spiro atoms. The van der Waals surface area contributed by atoms with Crippen LogP contribution in [0, 0.1) is 5.82 Å². The summed E-state index contributed by atoms with van der Waals surface area (Å²) in [4.78, 5) is 0.0890. The second-order valence-corrected chi connectivity index (χ2v) is 9.47. The van der Waals surface area contributed by atoms with Gasteiger partial charge < -0.3 is 14.8 Å². The minimum absolute atomic E-state index is 0.0723. The van der Waals surface area contributed by atoms with Crippen molar-refractivity contribution in [3.63, 3.8) is 0 Å². The molecule has 0 aliphatic carbocycles. The van der Waals surface area contributed by atoms with Crippen LogP contribution in [0.5, 0.6) is 11.5 Å². The summed E-state index contributed by atoms with van der Waals surface area (Å²) in [6, 6.07) is 16.6. The van der Waals surface area contributed by atoms with E-state index in [0.717, 1.165) is 15.6 Å². The van der Waals surface area contributed by atoms with Crippen LogP contribution in [-0.2, 0) is 29.6 Å². The molecule has 0 aromatic heterocycles. The molecule has 0 amide bonds. The lowest BCUT2D eigenvalue weighted by Gasteiger charge is -2.17. The Labute approximate surface area is 195 Å². The molecule has 32 heavy (non-hydrogen) atoms. The van der Waals surface area contributed by atoms with Crippen molar-refractivity contribution in [3.05, 3.63) is 87.6 Å². The van der Waals surface area contributed by atoms with Gasteiger partial charge in [0.15, 0.2) is 11.5 Å². The van der Waals surface area contributed by atoms with Gasteiger partial charge in [0, 0.05) is 22.1 Å². The highest BCUT2D eigenvalue weighted by Gasteiger charge is 2.15. The van der Waals surface area contributed by atoms with E-state index in [1.807, 2.05) is 6.07 Å². The number of sulfonamides is 1. The van der Waals surface area contributed by atoms with Crippen LogP contribution >= 0.6 is 15.9 Å². The summed E-state index contributed by atoms with van der Waals surface area (Å²) in [5.41, 5.74) is 2.28. The Kier molecular flexibility index (Phi) is 8.25. The Morgan fingerprint density at radius 2 is 1.78 bits per heavy atom. The normalized spacial score (nSPS) is 11.4. The highest BCUT2D eigenvalue weighted by atomic mass is 79.9. The van der Waals surface area contributed by atoms with Gasteiger partial charge in [-0.2, -0.15) is 0 Å². The van der Waals surface area contributed by atoms with Gasteiger partial charge in [-0.25, -0.2) is 17.9 Å². The van der Waals surface area contributed by atoms with Crippen LogP contribution in [0.1, 0.15) is 16.7 Å². The van der Waals surface area contributed by atoms with Gasteiger partial charge in [-0.1, -0.05) is 46.3 Å². The zero-order valence-corrected chi connectivity index (χ0v) is 19.9. The molecule has 0 unspecified atom stereocenters. The highest BCUT2D eigenvalue weighted by Crippen LogP contribution is 2.37. The lowest BCUT2D eigenvalue weighted by molar-refractivity contribution is 0.275. The van der Waals surface area contributed by atoms with E-state index < -0.39 is 10.0 Å². The van der Waals surface area contributed by atoms with E-state index in [-0.39, 0.29) is 17.3 Å². The van der Waals surface area contributed by atoms with Gasteiger partial charge in [0.1, 0.15) is 12.4 Å². The van der Waals surface area contributed by atoms with Crippen LogP contribution in [0.25, 0.3) is 0 Å². The second kappa shape index (κ2) is 10.9. The highest BCUT2D eigenvalue weighted by molar-refractivity contribution is 9.10. The molecule has 0 fully saturated rings. The first-order chi connectivity index (χ1) is 15.3. The third kappa shape index (κ3) is 6.29. The van der Waals surface area contributed by atoms with Crippen molar-refractivity contribution in [2.45, 2.75) is 24.5 Å². The van der Waals surface area contributed by atoms with Crippen LogP contribution < -0.4 is 19.9 Å². The van der Waals surface area contributed by atoms with E-state index in [2.05, 4.69) is 21.2 Å². The fourth-order valence-electron chi connectivity index (χ4n) is 3.12. The Morgan fingerprint density at radius 1 is 1.06 bits per heavy atom. The number of benzene rings is 3. The monoisotopic (exact) mass is 522 g/mol. The summed E-state index contributed by atoms with van der Waals surface area (Å²) in [7, 11) is -2.14. The number of nitrogens with one attached hydrogen (secondary N) is 1. The molecule has 0 bridgehead atoms. The molecule has 3 N–H and O–H groups in total. The first-order valence-corrected chi connectivity index (χ1v) is 12.2. The van der Waals surface area contributed by atoms with Crippen LogP contribution in [0.2, 0.25) is 0 Å². The first-order valence-electron chi connectivity index (χ1n) is 9.83. The van der Waals surface area contributed by atoms with Gasteiger partial charge in [0.25, 0.3) is 0 Å². The molecule has 0 aliphatic heterocycles.